The normalized spacial score (nSPS) is 19.2. The molecule has 0 bridgehead atoms. The second kappa shape index (κ2) is 5.44. The number of carbonyl (C=O) groups is 3. The molecule has 3 rings (SSSR count). The molecule has 2 fully saturated rings. The van der Waals surface area contributed by atoms with Crippen molar-refractivity contribution >= 4 is 23.5 Å². The standard InChI is InChI=1S/C16H17NO5/c1-21-15(20)16(8-9-16)10-22-12-4-2-11(3-5-12)17-13(18)6-7-14(17)19/h2-5H,6-10H2,1H3. The number of hydrogen-bond donors (Lipinski definition) is 0. The summed E-state index contributed by atoms with van der Waals surface area (Å²) in [7, 11) is 1.38. The fraction of sp³-hybridized carbons (Fsp3) is 0.438. The lowest BCUT2D eigenvalue weighted by Crippen LogP contribution is -2.28. The number of hydrogen-bond acceptors (Lipinski definition) is 5. The third-order valence-corrected chi connectivity index (χ3v) is 4.13. The monoisotopic (exact) mass is 303 g/mol. The van der Waals surface area contributed by atoms with Gasteiger partial charge in [0.2, 0.25) is 11.8 Å². The quantitative estimate of drug-likeness (QED) is 0.611. The summed E-state index contributed by atoms with van der Waals surface area (Å²) in [5, 5.41) is 0. The molecular formula is C16H17NO5. The minimum atomic E-state index is -0.506. The molecule has 0 atom stereocenters. The van der Waals surface area contributed by atoms with Crippen LogP contribution < -0.4 is 9.64 Å². The highest BCUT2D eigenvalue weighted by Gasteiger charge is 2.52. The molecule has 6 nitrogen and oxygen atoms in total. The molecule has 1 aliphatic heterocycles. The van der Waals surface area contributed by atoms with Crippen LogP contribution in [-0.4, -0.2) is 31.5 Å². The second-order valence-corrected chi connectivity index (χ2v) is 5.68. The Balaban J connectivity index is 1.64. The van der Waals surface area contributed by atoms with E-state index >= 15 is 0 Å². The van der Waals surface area contributed by atoms with E-state index in [1.165, 1.54) is 12.0 Å². The van der Waals surface area contributed by atoms with Crippen LogP contribution in [0.25, 0.3) is 0 Å². The van der Waals surface area contributed by atoms with Gasteiger partial charge in [-0.3, -0.25) is 19.3 Å². The first-order valence-electron chi connectivity index (χ1n) is 7.23. The number of ether oxygens (including phenoxy) is 2. The molecule has 0 N–H and O–H groups in total. The van der Waals surface area contributed by atoms with Crippen molar-refractivity contribution in [1.82, 2.24) is 0 Å². The van der Waals surface area contributed by atoms with Crippen LogP contribution in [0.5, 0.6) is 5.75 Å². The van der Waals surface area contributed by atoms with Crippen LogP contribution in [0.2, 0.25) is 0 Å². The largest absolute Gasteiger partial charge is 0.492 e. The highest BCUT2D eigenvalue weighted by atomic mass is 16.5. The maximum absolute atomic E-state index is 11.7. The highest BCUT2D eigenvalue weighted by molar-refractivity contribution is 6.19. The number of imide groups is 1. The van der Waals surface area contributed by atoms with Gasteiger partial charge in [-0.25, -0.2) is 0 Å². The molecule has 116 valence electrons. The van der Waals surface area contributed by atoms with Crippen molar-refractivity contribution in [2.24, 2.45) is 5.41 Å². The van der Waals surface area contributed by atoms with Crippen LogP contribution in [-0.2, 0) is 19.1 Å². The predicted octanol–water partition coefficient (Wildman–Crippen LogP) is 1.67. The smallest absolute Gasteiger partial charge is 0.315 e. The van der Waals surface area contributed by atoms with Crippen molar-refractivity contribution in [1.29, 1.82) is 0 Å². The number of esters is 1. The molecule has 1 saturated heterocycles. The van der Waals surface area contributed by atoms with Crippen molar-refractivity contribution < 1.29 is 23.9 Å². The van der Waals surface area contributed by atoms with Crippen molar-refractivity contribution in [3.05, 3.63) is 24.3 Å². The van der Waals surface area contributed by atoms with E-state index in [1.807, 2.05) is 0 Å². The Bertz CT molecular complexity index is 602. The molecule has 2 amide bonds. The summed E-state index contributed by atoms with van der Waals surface area (Å²) in [4.78, 5) is 36.2. The molecule has 1 aromatic carbocycles. The predicted molar refractivity (Wildman–Crippen MR) is 77.3 cm³/mol. The van der Waals surface area contributed by atoms with Crippen molar-refractivity contribution in [3.63, 3.8) is 0 Å². The van der Waals surface area contributed by atoms with E-state index in [9.17, 15) is 14.4 Å². The van der Waals surface area contributed by atoms with Crippen LogP contribution in [0.1, 0.15) is 25.7 Å². The third-order valence-electron chi connectivity index (χ3n) is 4.13. The summed E-state index contributed by atoms with van der Waals surface area (Å²) in [6.07, 6.45) is 2.07. The van der Waals surface area contributed by atoms with E-state index in [0.29, 0.717) is 11.4 Å². The lowest BCUT2D eigenvalue weighted by Gasteiger charge is -2.16. The molecule has 1 aliphatic carbocycles. The number of benzene rings is 1. The fourth-order valence-corrected chi connectivity index (χ4v) is 2.55. The van der Waals surface area contributed by atoms with Gasteiger partial charge in [-0.2, -0.15) is 0 Å². The van der Waals surface area contributed by atoms with Crippen LogP contribution in [0, 0.1) is 5.41 Å². The highest BCUT2D eigenvalue weighted by Crippen LogP contribution is 2.47. The summed E-state index contributed by atoms with van der Waals surface area (Å²) in [6.45, 7) is 0.278. The molecule has 22 heavy (non-hydrogen) atoms. The summed E-state index contributed by atoms with van der Waals surface area (Å²) >= 11 is 0. The summed E-state index contributed by atoms with van der Waals surface area (Å²) < 4.78 is 10.4. The van der Waals surface area contributed by atoms with E-state index in [0.717, 1.165) is 12.8 Å². The number of methoxy groups -OCH3 is 1. The Labute approximate surface area is 128 Å². The first-order chi connectivity index (χ1) is 10.6. The van der Waals surface area contributed by atoms with Gasteiger partial charge in [-0.1, -0.05) is 0 Å². The molecule has 1 aromatic rings. The maximum atomic E-state index is 11.7. The molecule has 1 saturated carbocycles. The molecule has 2 aliphatic rings. The lowest BCUT2D eigenvalue weighted by molar-refractivity contribution is -0.148. The number of carbonyl (C=O) groups excluding carboxylic acids is 3. The summed E-state index contributed by atoms with van der Waals surface area (Å²) in [5.41, 5.74) is 0.0443. The van der Waals surface area contributed by atoms with Gasteiger partial charge in [0.05, 0.1) is 12.8 Å². The van der Waals surface area contributed by atoms with Gasteiger partial charge in [-0.15, -0.1) is 0 Å². The van der Waals surface area contributed by atoms with Crippen LogP contribution in [0.3, 0.4) is 0 Å². The first-order valence-corrected chi connectivity index (χ1v) is 7.23. The molecule has 0 unspecified atom stereocenters. The van der Waals surface area contributed by atoms with Gasteiger partial charge in [0.15, 0.2) is 0 Å². The maximum Gasteiger partial charge on any atom is 0.315 e. The van der Waals surface area contributed by atoms with E-state index in [1.54, 1.807) is 24.3 Å². The van der Waals surface area contributed by atoms with Gasteiger partial charge >= 0.3 is 5.97 Å². The summed E-state index contributed by atoms with van der Waals surface area (Å²) in [5.74, 6) is -0.00186. The SMILES string of the molecule is COC(=O)C1(COc2ccc(N3C(=O)CCC3=O)cc2)CC1. The zero-order valence-electron chi connectivity index (χ0n) is 12.3. The van der Waals surface area contributed by atoms with E-state index in [-0.39, 0.29) is 37.2 Å². The van der Waals surface area contributed by atoms with Gasteiger partial charge in [-0.05, 0) is 37.1 Å². The van der Waals surface area contributed by atoms with Crippen LogP contribution in [0.4, 0.5) is 5.69 Å². The number of amides is 2. The second-order valence-electron chi connectivity index (χ2n) is 5.68. The van der Waals surface area contributed by atoms with E-state index in [4.69, 9.17) is 9.47 Å². The average molecular weight is 303 g/mol. The van der Waals surface area contributed by atoms with E-state index in [2.05, 4.69) is 0 Å². The van der Waals surface area contributed by atoms with Gasteiger partial charge < -0.3 is 9.47 Å². The Morgan fingerprint density at radius 2 is 1.73 bits per heavy atom. The molecule has 0 aromatic heterocycles. The molecule has 6 heteroatoms. The Kier molecular flexibility index (Phi) is 3.60. The van der Waals surface area contributed by atoms with Crippen molar-refractivity contribution in [2.75, 3.05) is 18.6 Å². The lowest BCUT2D eigenvalue weighted by atomic mass is 10.1. The van der Waals surface area contributed by atoms with Crippen LogP contribution >= 0.6 is 0 Å². The van der Waals surface area contributed by atoms with Gasteiger partial charge in [0.25, 0.3) is 0 Å². The molecule has 1 heterocycles. The molecule has 0 radical (unpaired) electrons. The number of anilines is 1. The fourth-order valence-electron chi connectivity index (χ4n) is 2.55. The molecule has 0 spiro atoms. The Morgan fingerprint density at radius 3 is 2.23 bits per heavy atom. The van der Waals surface area contributed by atoms with Gasteiger partial charge in [0.1, 0.15) is 17.8 Å². The minimum Gasteiger partial charge on any atom is -0.492 e. The van der Waals surface area contributed by atoms with Crippen molar-refractivity contribution in [2.45, 2.75) is 25.7 Å². The van der Waals surface area contributed by atoms with Crippen molar-refractivity contribution in [3.8, 4) is 5.75 Å². The Hall–Kier alpha value is -2.37. The minimum absolute atomic E-state index is 0.179. The first kappa shape index (κ1) is 14.6. The number of rotatable bonds is 5. The zero-order chi connectivity index (χ0) is 15.7. The van der Waals surface area contributed by atoms with E-state index < -0.39 is 5.41 Å². The zero-order valence-corrected chi connectivity index (χ0v) is 12.3. The topological polar surface area (TPSA) is 72.9 Å². The average Bonchev–Trinajstić information content (AvgIpc) is 3.26. The van der Waals surface area contributed by atoms with Crippen LogP contribution in [0.15, 0.2) is 24.3 Å². The Morgan fingerprint density at radius 1 is 1.14 bits per heavy atom. The summed E-state index contributed by atoms with van der Waals surface area (Å²) in [6, 6.07) is 6.74. The molecular weight excluding hydrogens is 286 g/mol. The van der Waals surface area contributed by atoms with Gasteiger partial charge in [0, 0.05) is 12.8 Å². The third kappa shape index (κ3) is 2.56. The number of nitrogens with zero attached hydrogens (tertiary/aromatic N) is 1.